The summed E-state index contributed by atoms with van der Waals surface area (Å²) in [6.07, 6.45) is 0. The van der Waals surface area contributed by atoms with Crippen molar-refractivity contribution in [1.82, 2.24) is 0 Å². The highest BCUT2D eigenvalue weighted by atomic mass is 16.7. The monoisotopic (exact) mass is 452 g/mol. The Morgan fingerprint density at radius 1 is 0.667 bits per heavy atom. The molecule has 170 valence electrons. The van der Waals surface area contributed by atoms with Gasteiger partial charge >= 0.3 is 17.9 Å². The third-order valence-corrected chi connectivity index (χ3v) is 5.85. The first kappa shape index (κ1) is 22.4. The van der Waals surface area contributed by atoms with Crippen LogP contribution in [0.1, 0.15) is 31.8 Å². The van der Waals surface area contributed by atoms with Crippen LogP contribution in [0.25, 0.3) is 0 Å². The number of rotatable bonds is 6. The molecule has 0 radical (unpaired) electrons. The summed E-state index contributed by atoms with van der Waals surface area (Å²) < 4.78 is 26.5. The molecule has 2 heterocycles. The lowest BCUT2D eigenvalue weighted by Gasteiger charge is -2.28. The van der Waals surface area contributed by atoms with Gasteiger partial charge in [-0.15, -0.1) is 0 Å². The van der Waals surface area contributed by atoms with Gasteiger partial charge in [-0.1, -0.05) is 42.5 Å². The molecule has 0 unspecified atom stereocenters. The van der Waals surface area contributed by atoms with E-state index < -0.39 is 35.1 Å². The molecule has 0 aromatic heterocycles. The summed E-state index contributed by atoms with van der Waals surface area (Å²) in [7, 11) is 4.71. The lowest BCUT2D eigenvalue weighted by atomic mass is 9.72. The van der Waals surface area contributed by atoms with Gasteiger partial charge in [-0.3, -0.25) is 4.79 Å². The van der Waals surface area contributed by atoms with Crippen molar-refractivity contribution in [1.29, 1.82) is 0 Å². The summed E-state index contributed by atoms with van der Waals surface area (Å²) >= 11 is 0. The minimum atomic E-state index is -2.13. The molecular formula is C24H20O9. The molecule has 0 saturated heterocycles. The van der Waals surface area contributed by atoms with Gasteiger partial charge in [0.15, 0.2) is 5.60 Å². The zero-order valence-corrected chi connectivity index (χ0v) is 18.3. The van der Waals surface area contributed by atoms with Crippen LogP contribution in [0.3, 0.4) is 0 Å². The summed E-state index contributed by atoms with van der Waals surface area (Å²) in [4.78, 5) is 52.5. The van der Waals surface area contributed by atoms with Gasteiger partial charge < -0.3 is 23.7 Å². The predicted octanol–water partition coefficient (Wildman–Crippen LogP) is 2.04. The molecule has 0 fully saturated rings. The molecule has 2 aromatic carbocycles. The van der Waals surface area contributed by atoms with Crippen LogP contribution in [0.15, 0.2) is 59.7 Å². The molecule has 0 aliphatic carbocycles. The first-order valence-electron chi connectivity index (χ1n) is 9.83. The third-order valence-electron chi connectivity index (χ3n) is 5.85. The Labute approximate surface area is 188 Å². The average molecular weight is 452 g/mol. The van der Waals surface area contributed by atoms with Crippen molar-refractivity contribution in [2.75, 3.05) is 28.4 Å². The topological polar surface area (TPSA) is 114 Å². The van der Waals surface area contributed by atoms with Crippen LogP contribution in [0, 0.1) is 0 Å². The maximum atomic E-state index is 14.2. The van der Waals surface area contributed by atoms with E-state index in [2.05, 4.69) is 0 Å². The first-order valence-corrected chi connectivity index (χ1v) is 9.83. The van der Waals surface area contributed by atoms with Crippen molar-refractivity contribution in [2.24, 2.45) is 0 Å². The molecule has 9 heteroatoms. The van der Waals surface area contributed by atoms with Crippen LogP contribution >= 0.6 is 0 Å². The van der Waals surface area contributed by atoms with Crippen LogP contribution in [0.4, 0.5) is 0 Å². The predicted molar refractivity (Wildman–Crippen MR) is 111 cm³/mol. The van der Waals surface area contributed by atoms with Gasteiger partial charge in [-0.2, -0.15) is 0 Å². The molecule has 0 N–H and O–H groups in total. The zero-order chi connectivity index (χ0) is 24.0. The van der Waals surface area contributed by atoms with Crippen molar-refractivity contribution >= 4 is 23.7 Å². The van der Waals surface area contributed by atoms with E-state index >= 15 is 0 Å². The van der Waals surface area contributed by atoms with Gasteiger partial charge in [0.25, 0.3) is 0 Å². The highest BCUT2D eigenvalue weighted by Crippen LogP contribution is 2.63. The van der Waals surface area contributed by atoms with Crippen LogP contribution in [-0.2, 0) is 44.7 Å². The fraction of sp³-hybridized carbons (Fsp3) is 0.250. The van der Waals surface area contributed by atoms with Gasteiger partial charge in [-0.05, 0) is 6.07 Å². The molecule has 0 spiro atoms. The number of benzene rings is 2. The summed E-state index contributed by atoms with van der Waals surface area (Å²) in [5, 5.41) is 0. The Bertz CT molecular complexity index is 1230. The second-order valence-corrected chi connectivity index (χ2v) is 7.25. The number of fused-ring (bicyclic) bond motifs is 5. The molecule has 0 saturated carbocycles. The van der Waals surface area contributed by atoms with Crippen molar-refractivity contribution in [2.45, 2.75) is 11.4 Å². The molecule has 2 aliphatic rings. The van der Waals surface area contributed by atoms with Gasteiger partial charge in [0.1, 0.15) is 5.57 Å². The van der Waals surface area contributed by atoms with Crippen LogP contribution in [0.5, 0.6) is 0 Å². The van der Waals surface area contributed by atoms with E-state index in [0.29, 0.717) is 5.56 Å². The summed E-state index contributed by atoms with van der Waals surface area (Å²) in [6, 6.07) is 12.5. The number of methoxy groups -OCH3 is 4. The summed E-state index contributed by atoms with van der Waals surface area (Å²) in [5.74, 6) is -5.33. The summed E-state index contributed by atoms with van der Waals surface area (Å²) in [5.41, 5.74) is -2.28. The Hall–Kier alpha value is -3.82. The fourth-order valence-corrected chi connectivity index (χ4v) is 4.50. The van der Waals surface area contributed by atoms with Crippen molar-refractivity contribution in [3.63, 3.8) is 0 Å². The van der Waals surface area contributed by atoms with E-state index in [1.165, 1.54) is 26.4 Å². The number of carbonyl (C=O) groups is 4. The normalized spacial score (nSPS) is 22.5. The number of hydrogen-bond donors (Lipinski definition) is 0. The SMILES string of the molecule is COC(=O)C1=C(C(=O)OC)[C@@]2(C(=O)c3ccccc3C(=O)OC)O[C@]1(OC)c1ccccc12. The molecule has 9 nitrogen and oxygen atoms in total. The van der Waals surface area contributed by atoms with E-state index in [1.54, 1.807) is 36.4 Å². The molecule has 2 bridgehead atoms. The third kappa shape index (κ3) is 2.79. The Balaban J connectivity index is 2.11. The molecule has 33 heavy (non-hydrogen) atoms. The van der Waals surface area contributed by atoms with Gasteiger partial charge in [0.2, 0.25) is 11.6 Å². The lowest BCUT2D eigenvalue weighted by molar-refractivity contribution is -0.212. The Morgan fingerprint density at radius 2 is 1.18 bits per heavy atom. The molecule has 4 rings (SSSR count). The molecular weight excluding hydrogens is 432 g/mol. The molecule has 2 aromatic rings. The summed E-state index contributed by atoms with van der Waals surface area (Å²) in [6.45, 7) is 0. The number of ketones is 1. The van der Waals surface area contributed by atoms with E-state index in [0.717, 1.165) is 14.2 Å². The lowest BCUT2D eigenvalue weighted by Crippen LogP contribution is -2.41. The van der Waals surface area contributed by atoms with E-state index in [-0.39, 0.29) is 27.8 Å². The quantitative estimate of drug-likeness (QED) is 0.369. The van der Waals surface area contributed by atoms with Gasteiger partial charge in [0, 0.05) is 23.8 Å². The maximum Gasteiger partial charge on any atom is 0.340 e. The molecule has 2 atom stereocenters. The van der Waals surface area contributed by atoms with Crippen molar-refractivity contribution < 1.29 is 42.9 Å². The smallest absolute Gasteiger partial charge is 0.340 e. The highest BCUT2D eigenvalue weighted by Gasteiger charge is 2.72. The first-order chi connectivity index (χ1) is 15.8. The largest absolute Gasteiger partial charge is 0.466 e. The van der Waals surface area contributed by atoms with E-state index in [4.69, 9.17) is 23.7 Å². The number of hydrogen-bond acceptors (Lipinski definition) is 9. The van der Waals surface area contributed by atoms with E-state index in [1.807, 2.05) is 0 Å². The van der Waals surface area contributed by atoms with Crippen LogP contribution in [0.2, 0.25) is 0 Å². The van der Waals surface area contributed by atoms with Crippen molar-refractivity contribution in [3.8, 4) is 0 Å². The van der Waals surface area contributed by atoms with Crippen LogP contribution in [-0.4, -0.2) is 52.1 Å². The van der Waals surface area contributed by atoms with Crippen LogP contribution < -0.4 is 0 Å². The number of ether oxygens (including phenoxy) is 5. The zero-order valence-electron chi connectivity index (χ0n) is 18.3. The minimum absolute atomic E-state index is 0.0360. The standard InChI is InChI=1S/C24H20O9/c1-29-20(26)14-10-6-5-9-13(14)19(25)23-15-11-7-8-12-16(15)24(32-4,33-23)18(22(28)31-3)17(23)21(27)30-2/h5-12H,1-4H3/t23-,24+/m0/s1. The minimum Gasteiger partial charge on any atom is -0.466 e. The highest BCUT2D eigenvalue weighted by molar-refractivity contribution is 6.19. The molecule has 2 aliphatic heterocycles. The number of carbonyl (C=O) groups excluding carboxylic acids is 4. The molecule has 0 amide bonds. The van der Waals surface area contributed by atoms with Gasteiger partial charge in [0.05, 0.1) is 32.5 Å². The second kappa shape index (κ2) is 7.95. The Morgan fingerprint density at radius 3 is 1.76 bits per heavy atom. The second-order valence-electron chi connectivity index (χ2n) is 7.25. The van der Waals surface area contributed by atoms with Gasteiger partial charge in [-0.25, -0.2) is 14.4 Å². The maximum absolute atomic E-state index is 14.2. The average Bonchev–Trinajstić information content (AvgIpc) is 3.35. The number of Topliss-reactive ketones (excluding diaryl/α,β-unsaturated/α-hetero) is 1. The van der Waals surface area contributed by atoms with Crippen molar-refractivity contribution in [3.05, 3.63) is 81.9 Å². The van der Waals surface area contributed by atoms with E-state index in [9.17, 15) is 19.2 Å². The Kier molecular flexibility index (Phi) is 5.39. The fourth-order valence-electron chi connectivity index (χ4n) is 4.50. The number of esters is 3.